The Morgan fingerprint density at radius 2 is 1.08 bits per heavy atom. The zero-order valence-electron chi connectivity index (χ0n) is 7.50. The minimum atomic E-state index is -0.278. The largest absolute Gasteiger partial charge is 0.158 e. The molecule has 0 amide bonds. The van der Waals surface area contributed by atoms with Crippen molar-refractivity contribution >= 4 is 38.1 Å². The minimum absolute atomic E-state index is 0.278. The zero-order valence-corrected chi connectivity index (χ0v) is 10.9. The maximum Gasteiger partial charge on any atom is 0.0937 e. The summed E-state index contributed by atoms with van der Waals surface area (Å²) < 4.78 is 7.71. The topological polar surface area (TPSA) is 49.4 Å². The van der Waals surface area contributed by atoms with Crippen LogP contribution in [0.5, 0.6) is 0 Å². The van der Waals surface area contributed by atoms with Gasteiger partial charge in [-0.25, -0.2) is 0 Å². The first kappa shape index (κ1) is 12.8. The molecule has 70 valence electrons. The normalized spacial score (nSPS) is 12.8. The molecule has 0 atom stereocenters. The highest BCUT2D eigenvalue weighted by atomic mass is 33.1. The van der Waals surface area contributed by atoms with Gasteiger partial charge in [0.15, 0.2) is 0 Å². The fraction of sp³-hybridized carbons (Fsp3) is 1.00. The van der Waals surface area contributed by atoms with E-state index in [2.05, 4.69) is 18.8 Å². The van der Waals surface area contributed by atoms with Gasteiger partial charge in [-0.05, 0) is 26.7 Å². The molecule has 0 bridgehead atoms. The van der Waals surface area contributed by atoms with Crippen LogP contribution in [0, 0.1) is 0 Å². The van der Waals surface area contributed by atoms with E-state index < -0.39 is 0 Å². The van der Waals surface area contributed by atoms with E-state index in [-0.39, 0.29) is 16.1 Å². The molecular formula is C4H12N4P2S2. The van der Waals surface area contributed by atoms with Gasteiger partial charge in [0, 0.05) is 16.1 Å². The Bertz CT molecular complexity index is 143. The molecule has 0 aromatic carbocycles. The van der Waals surface area contributed by atoms with Gasteiger partial charge in [0.05, 0.1) is 22.0 Å². The van der Waals surface area contributed by atoms with Crippen LogP contribution in [0.25, 0.3) is 0 Å². The zero-order chi connectivity index (χ0) is 9.40. The van der Waals surface area contributed by atoms with Crippen molar-refractivity contribution in [2.24, 2.45) is 18.8 Å². The predicted molar refractivity (Wildman–Crippen MR) is 62.4 cm³/mol. The SMILES string of the molecule is CP(C)/N=N/SS/N=N/P(C)C. The highest BCUT2D eigenvalue weighted by Crippen LogP contribution is 2.35. The van der Waals surface area contributed by atoms with E-state index in [9.17, 15) is 0 Å². The third kappa shape index (κ3) is 10.8. The van der Waals surface area contributed by atoms with E-state index in [4.69, 9.17) is 0 Å². The highest BCUT2D eigenvalue weighted by Gasteiger charge is 1.88. The van der Waals surface area contributed by atoms with Crippen LogP contribution in [-0.4, -0.2) is 26.7 Å². The quantitative estimate of drug-likeness (QED) is 0.235. The lowest BCUT2D eigenvalue weighted by Crippen LogP contribution is -1.53. The molecule has 0 aromatic heterocycles. The Hall–Kier alpha value is 0.760. The van der Waals surface area contributed by atoms with E-state index in [1.54, 1.807) is 0 Å². The molecule has 0 saturated carbocycles. The van der Waals surface area contributed by atoms with Crippen LogP contribution in [0.3, 0.4) is 0 Å². The molecule has 0 heterocycles. The lowest BCUT2D eigenvalue weighted by molar-refractivity contribution is 1.49. The molecule has 0 rings (SSSR count). The van der Waals surface area contributed by atoms with Crippen LogP contribution in [0.15, 0.2) is 18.8 Å². The second-order valence-electron chi connectivity index (χ2n) is 2.19. The monoisotopic (exact) mass is 242 g/mol. The van der Waals surface area contributed by atoms with Crippen LogP contribution in [0.1, 0.15) is 0 Å². The van der Waals surface area contributed by atoms with Gasteiger partial charge in [-0.3, -0.25) is 0 Å². The lowest BCUT2D eigenvalue weighted by atomic mass is 11.9. The molecule has 0 aliphatic carbocycles. The van der Waals surface area contributed by atoms with Gasteiger partial charge in [-0.2, -0.15) is 9.77 Å². The average Bonchev–Trinajstić information content (AvgIpc) is 1.95. The fourth-order valence-electron chi connectivity index (χ4n) is 0.206. The van der Waals surface area contributed by atoms with Gasteiger partial charge in [-0.1, -0.05) is 0 Å². The molecule has 0 N–H and O–H groups in total. The van der Waals surface area contributed by atoms with Gasteiger partial charge in [0.2, 0.25) is 0 Å². The molecule has 8 heteroatoms. The average molecular weight is 242 g/mol. The van der Waals surface area contributed by atoms with Crippen molar-refractivity contribution in [1.82, 2.24) is 0 Å². The first-order chi connectivity index (χ1) is 5.63. The smallest absolute Gasteiger partial charge is 0.0937 e. The van der Waals surface area contributed by atoms with Crippen LogP contribution in [0.2, 0.25) is 0 Å². The second-order valence-corrected chi connectivity index (χ2v) is 7.45. The standard InChI is InChI=1S/C4H12N4P2S2/c1-9(2)5-7-11-12-8-6-10(3)4/h1-4H3/b7-5+,8-6+. The van der Waals surface area contributed by atoms with Crippen LogP contribution < -0.4 is 0 Å². The molecule has 4 nitrogen and oxygen atoms in total. The number of hydrogen-bond acceptors (Lipinski definition) is 6. The molecular weight excluding hydrogens is 230 g/mol. The van der Waals surface area contributed by atoms with Gasteiger partial charge in [0.1, 0.15) is 0 Å². The summed E-state index contributed by atoms with van der Waals surface area (Å²) >= 11 is 0. The van der Waals surface area contributed by atoms with Gasteiger partial charge in [-0.15, -0.1) is 9.04 Å². The van der Waals surface area contributed by atoms with Crippen molar-refractivity contribution in [3.8, 4) is 0 Å². The summed E-state index contributed by atoms with van der Waals surface area (Å²) in [6, 6.07) is 0. The number of hydrogen-bond donors (Lipinski definition) is 0. The highest BCUT2D eigenvalue weighted by molar-refractivity contribution is 8.75. The van der Waals surface area contributed by atoms with Crippen molar-refractivity contribution in [1.29, 1.82) is 0 Å². The summed E-state index contributed by atoms with van der Waals surface area (Å²) in [5.41, 5.74) is 0. The molecule has 0 fully saturated rings. The Morgan fingerprint density at radius 3 is 1.33 bits per heavy atom. The molecule has 0 saturated heterocycles. The van der Waals surface area contributed by atoms with E-state index >= 15 is 0 Å². The molecule has 0 unspecified atom stereocenters. The molecule has 0 aliphatic rings. The Morgan fingerprint density at radius 1 is 0.750 bits per heavy atom. The summed E-state index contributed by atoms with van der Waals surface area (Å²) in [6.45, 7) is 8.18. The van der Waals surface area contributed by atoms with E-state index in [1.807, 2.05) is 26.7 Å². The Balaban J connectivity index is 3.32. The summed E-state index contributed by atoms with van der Waals surface area (Å²) in [7, 11) is 1.97. The summed E-state index contributed by atoms with van der Waals surface area (Å²) in [4.78, 5) is 7.95. The third-order valence-electron chi connectivity index (χ3n) is 0.531. The van der Waals surface area contributed by atoms with E-state index in [0.717, 1.165) is 0 Å². The van der Waals surface area contributed by atoms with Gasteiger partial charge >= 0.3 is 0 Å². The van der Waals surface area contributed by atoms with Crippen LogP contribution >= 0.6 is 38.1 Å². The predicted octanol–water partition coefficient (Wildman–Crippen LogP) is 4.42. The molecule has 0 spiro atoms. The van der Waals surface area contributed by atoms with Crippen molar-refractivity contribution in [2.75, 3.05) is 26.7 Å². The summed E-state index contributed by atoms with van der Waals surface area (Å²) in [5, 5.41) is 0. The van der Waals surface area contributed by atoms with Crippen LogP contribution in [0.4, 0.5) is 0 Å². The Kier molecular flexibility index (Phi) is 8.89. The van der Waals surface area contributed by atoms with Crippen molar-refractivity contribution in [3.63, 3.8) is 0 Å². The third-order valence-corrected chi connectivity index (χ3v) is 2.63. The van der Waals surface area contributed by atoms with Crippen molar-refractivity contribution in [3.05, 3.63) is 0 Å². The maximum atomic E-state index is 3.98. The molecule has 0 aliphatic heterocycles. The maximum absolute atomic E-state index is 3.98. The number of rotatable bonds is 5. The van der Waals surface area contributed by atoms with E-state index in [0.29, 0.717) is 0 Å². The van der Waals surface area contributed by atoms with Crippen LogP contribution in [-0.2, 0) is 0 Å². The second kappa shape index (κ2) is 8.36. The summed E-state index contributed by atoms with van der Waals surface area (Å²) in [5.74, 6) is 0. The van der Waals surface area contributed by atoms with Gasteiger partial charge in [0.25, 0.3) is 0 Å². The Labute approximate surface area is 83.8 Å². The molecule has 0 radical (unpaired) electrons. The van der Waals surface area contributed by atoms with Crippen molar-refractivity contribution < 1.29 is 0 Å². The van der Waals surface area contributed by atoms with Crippen molar-refractivity contribution in [2.45, 2.75) is 0 Å². The first-order valence-electron chi connectivity index (χ1n) is 3.12. The first-order valence-corrected chi connectivity index (χ1v) is 9.56. The lowest BCUT2D eigenvalue weighted by Gasteiger charge is -1.91. The number of nitrogens with zero attached hydrogens (tertiary/aromatic N) is 4. The minimum Gasteiger partial charge on any atom is -0.158 e. The molecule has 0 aromatic rings. The van der Waals surface area contributed by atoms with Gasteiger partial charge < -0.3 is 0 Å². The fourth-order valence-corrected chi connectivity index (χ4v) is 2.39. The van der Waals surface area contributed by atoms with E-state index in [1.165, 1.54) is 22.0 Å². The summed E-state index contributed by atoms with van der Waals surface area (Å²) in [6.07, 6.45) is 0. The molecule has 12 heavy (non-hydrogen) atoms.